The van der Waals surface area contributed by atoms with E-state index in [0.29, 0.717) is 18.4 Å². The summed E-state index contributed by atoms with van der Waals surface area (Å²) < 4.78 is 6.02. The van der Waals surface area contributed by atoms with Crippen LogP contribution in [-0.4, -0.2) is 4.98 Å². The van der Waals surface area contributed by atoms with E-state index in [1.54, 1.807) is 0 Å². The largest absolute Gasteiger partial charge is 0.370 e. The predicted molar refractivity (Wildman–Crippen MR) is 45.4 cm³/mol. The van der Waals surface area contributed by atoms with Gasteiger partial charge in [0.25, 0.3) is 0 Å². The molecule has 2 rings (SSSR count). The van der Waals surface area contributed by atoms with E-state index < -0.39 is 0 Å². The highest BCUT2D eigenvalue weighted by Crippen LogP contribution is 2.26. The lowest BCUT2D eigenvalue weighted by Gasteiger charge is -1.98. The fraction of sp³-hybridized carbons (Fsp3) is 0.286. The van der Waals surface area contributed by atoms with Crippen LogP contribution in [0.4, 0.5) is 0 Å². The summed E-state index contributed by atoms with van der Waals surface area (Å²) in [6.45, 7) is 1.24. The first-order chi connectivity index (χ1) is 5.27. The van der Waals surface area contributed by atoms with Gasteiger partial charge in [0.05, 0.1) is 23.4 Å². The first-order valence-electron chi connectivity index (χ1n) is 3.19. The monoisotopic (exact) mass is 233 g/mol. The molecule has 0 amide bonds. The minimum absolute atomic E-state index is 0.509. The van der Waals surface area contributed by atoms with Crippen LogP contribution in [0.3, 0.4) is 0 Å². The topological polar surface area (TPSA) is 22.1 Å². The molecule has 0 saturated heterocycles. The smallest absolute Gasteiger partial charge is 0.143 e. The van der Waals surface area contributed by atoms with Gasteiger partial charge in [0.1, 0.15) is 5.15 Å². The molecule has 0 unspecified atom stereocenters. The fourth-order valence-electron chi connectivity index (χ4n) is 1.05. The Kier molecular flexibility index (Phi) is 1.87. The Morgan fingerprint density at radius 1 is 1.55 bits per heavy atom. The summed E-state index contributed by atoms with van der Waals surface area (Å²) >= 11 is 9.08. The number of fused-ring (bicyclic) bond motifs is 1. The molecule has 2 nitrogen and oxygen atoms in total. The molecule has 1 aromatic rings. The zero-order valence-electron chi connectivity index (χ0n) is 5.60. The molecule has 4 heteroatoms. The van der Waals surface area contributed by atoms with E-state index in [0.717, 1.165) is 15.7 Å². The first kappa shape index (κ1) is 7.53. The van der Waals surface area contributed by atoms with Crippen LogP contribution in [-0.2, 0) is 18.0 Å². The van der Waals surface area contributed by atoms with Crippen LogP contribution in [0.5, 0.6) is 0 Å². The van der Waals surface area contributed by atoms with Crippen molar-refractivity contribution in [3.63, 3.8) is 0 Å². The molecule has 0 N–H and O–H groups in total. The molecule has 1 aromatic heterocycles. The molecule has 0 aliphatic carbocycles. The Morgan fingerprint density at radius 2 is 2.36 bits per heavy atom. The number of hydrogen-bond donors (Lipinski definition) is 0. The maximum Gasteiger partial charge on any atom is 0.143 e. The summed E-state index contributed by atoms with van der Waals surface area (Å²) in [4.78, 5) is 4.15. The lowest BCUT2D eigenvalue weighted by Crippen LogP contribution is -1.88. The quantitative estimate of drug-likeness (QED) is 0.644. The van der Waals surface area contributed by atoms with Gasteiger partial charge >= 0.3 is 0 Å². The number of pyridine rings is 1. The molecule has 0 spiro atoms. The van der Waals surface area contributed by atoms with Gasteiger partial charge in [-0.15, -0.1) is 0 Å². The van der Waals surface area contributed by atoms with Crippen molar-refractivity contribution in [1.82, 2.24) is 4.98 Å². The lowest BCUT2D eigenvalue weighted by atomic mass is 10.2. The third kappa shape index (κ3) is 1.28. The van der Waals surface area contributed by atoms with Crippen molar-refractivity contribution >= 4 is 27.5 Å². The predicted octanol–water partition coefficient (Wildman–Crippen LogP) is 2.53. The van der Waals surface area contributed by atoms with Crippen LogP contribution < -0.4 is 0 Å². The van der Waals surface area contributed by atoms with E-state index in [4.69, 9.17) is 16.3 Å². The highest BCUT2D eigenvalue weighted by Gasteiger charge is 2.14. The van der Waals surface area contributed by atoms with Gasteiger partial charge in [0.2, 0.25) is 0 Å². The third-order valence-corrected chi connectivity index (χ3v) is 2.72. The second-order valence-electron chi connectivity index (χ2n) is 2.36. The Hall–Kier alpha value is -0.120. The third-order valence-electron chi connectivity index (χ3n) is 1.60. The van der Waals surface area contributed by atoms with Gasteiger partial charge in [-0.2, -0.15) is 0 Å². The molecule has 0 saturated carbocycles. The number of hydrogen-bond acceptors (Lipinski definition) is 2. The van der Waals surface area contributed by atoms with Crippen LogP contribution in [0.15, 0.2) is 10.5 Å². The van der Waals surface area contributed by atoms with Crippen LogP contribution >= 0.6 is 27.5 Å². The zero-order valence-corrected chi connectivity index (χ0v) is 7.94. The van der Waals surface area contributed by atoms with Crippen LogP contribution in [0, 0.1) is 0 Å². The minimum atomic E-state index is 0.509. The molecule has 0 atom stereocenters. The average molecular weight is 234 g/mol. The second kappa shape index (κ2) is 2.73. The van der Waals surface area contributed by atoms with Gasteiger partial charge in [-0.1, -0.05) is 11.6 Å². The zero-order chi connectivity index (χ0) is 7.84. The van der Waals surface area contributed by atoms with Gasteiger partial charge < -0.3 is 4.74 Å². The summed E-state index contributed by atoms with van der Waals surface area (Å²) in [6, 6.07) is 1.96. The molecule has 0 aromatic carbocycles. The standard InChI is InChI=1S/C7H5BrClNO/c8-5-1-4-2-11-3-6(4)10-7(5)9/h1H,2-3H2. The van der Waals surface area contributed by atoms with Crippen molar-refractivity contribution < 1.29 is 4.74 Å². The van der Waals surface area contributed by atoms with E-state index in [1.165, 1.54) is 0 Å². The number of aromatic nitrogens is 1. The normalized spacial score (nSPS) is 15.1. The van der Waals surface area contributed by atoms with E-state index >= 15 is 0 Å². The van der Waals surface area contributed by atoms with Gasteiger partial charge in [-0.05, 0) is 22.0 Å². The molecule has 2 heterocycles. The van der Waals surface area contributed by atoms with Crippen molar-refractivity contribution in [2.45, 2.75) is 13.2 Å². The Labute approximate surface area is 77.7 Å². The molecule has 1 aliphatic heterocycles. The molecular formula is C7H5BrClNO. The molecule has 1 aliphatic rings. The highest BCUT2D eigenvalue weighted by molar-refractivity contribution is 9.10. The molecule has 0 radical (unpaired) electrons. The average Bonchev–Trinajstić information content (AvgIpc) is 2.36. The van der Waals surface area contributed by atoms with Gasteiger partial charge in [-0.25, -0.2) is 4.98 Å². The maximum absolute atomic E-state index is 5.78. The van der Waals surface area contributed by atoms with Crippen molar-refractivity contribution in [2.75, 3.05) is 0 Å². The van der Waals surface area contributed by atoms with Crippen molar-refractivity contribution in [1.29, 1.82) is 0 Å². The van der Waals surface area contributed by atoms with E-state index in [1.807, 2.05) is 6.07 Å². The lowest BCUT2D eigenvalue weighted by molar-refractivity contribution is 0.133. The van der Waals surface area contributed by atoms with Gasteiger partial charge in [0.15, 0.2) is 0 Å². The molecule has 58 valence electrons. The van der Waals surface area contributed by atoms with Gasteiger partial charge in [-0.3, -0.25) is 0 Å². The molecule has 0 bridgehead atoms. The second-order valence-corrected chi connectivity index (χ2v) is 3.57. The summed E-state index contributed by atoms with van der Waals surface area (Å²) in [5, 5.41) is 0.509. The van der Waals surface area contributed by atoms with Gasteiger partial charge in [0, 0.05) is 5.56 Å². The van der Waals surface area contributed by atoms with Crippen molar-refractivity contribution in [3.8, 4) is 0 Å². The molecule has 11 heavy (non-hydrogen) atoms. The minimum Gasteiger partial charge on any atom is -0.370 e. The van der Waals surface area contributed by atoms with Crippen LogP contribution in [0.1, 0.15) is 11.3 Å². The SMILES string of the molecule is Clc1nc2c(cc1Br)COC2. The van der Waals surface area contributed by atoms with Crippen LogP contribution in [0.2, 0.25) is 5.15 Å². The van der Waals surface area contributed by atoms with Crippen molar-refractivity contribution in [2.24, 2.45) is 0 Å². The summed E-state index contributed by atoms with van der Waals surface area (Å²) in [5.41, 5.74) is 2.08. The molecule has 0 fully saturated rings. The fourth-order valence-corrected chi connectivity index (χ4v) is 1.57. The first-order valence-corrected chi connectivity index (χ1v) is 4.36. The summed E-state index contributed by atoms with van der Waals surface area (Å²) in [5.74, 6) is 0. The summed E-state index contributed by atoms with van der Waals surface area (Å²) in [7, 11) is 0. The summed E-state index contributed by atoms with van der Waals surface area (Å²) in [6.07, 6.45) is 0. The number of halogens is 2. The number of rotatable bonds is 0. The number of ether oxygens (including phenoxy) is 1. The van der Waals surface area contributed by atoms with E-state index in [2.05, 4.69) is 20.9 Å². The van der Waals surface area contributed by atoms with E-state index in [-0.39, 0.29) is 0 Å². The maximum atomic E-state index is 5.78. The Morgan fingerprint density at radius 3 is 3.18 bits per heavy atom. The molecular weight excluding hydrogens is 229 g/mol. The Bertz CT molecular complexity index is 274. The van der Waals surface area contributed by atoms with E-state index in [9.17, 15) is 0 Å². The Balaban J connectivity index is 2.57. The van der Waals surface area contributed by atoms with Crippen molar-refractivity contribution in [3.05, 3.63) is 26.9 Å². The number of nitrogens with zero attached hydrogens (tertiary/aromatic N) is 1. The van der Waals surface area contributed by atoms with Crippen LogP contribution in [0.25, 0.3) is 0 Å². The highest BCUT2D eigenvalue weighted by atomic mass is 79.9.